The van der Waals surface area contributed by atoms with Crippen LogP contribution in [0.4, 0.5) is 0 Å². The number of hydrogen-bond acceptors (Lipinski definition) is 0. The van der Waals surface area contributed by atoms with Crippen molar-refractivity contribution in [3.63, 3.8) is 0 Å². The van der Waals surface area contributed by atoms with E-state index in [2.05, 4.69) is 35.2 Å². The Hall–Kier alpha value is -1.70. The maximum Gasteiger partial charge on any atom is 0.0369 e. The van der Waals surface area contributed by atoms with E-state index in [0.717, 1.165) is 0 Å². The Bertz CT molecular complexity index is 678. The zero-order chi connectivity index (χ0) is 15.1. The van der Waals surface area contributed by atoms with Crippen LogP contribution in [0, 0.1) is 0 Å². The monoisotopic (exact) mass is 294 g/mol. The van der Waals surface area contributed by atoms with Crippen molar-refractivity contribution >= 4 is 6.20 Å². The van der Waals surface area contributed by atoms with Gasteiger partial charge in [-0.1, -0.05) is 13.5 Å². The Kier molecular flexibility index (Phi) is 3.48. The van der Waals surface area contributed by atoms with E-state index in [1.54, 1.807) is 11.1 Å². The number of hydrogen-bond donors (Lipinski definition) is 1. The summed E-state index contributed by atoms with van der Waals surface area (Å²) >= 11 is 0. The zero-order valence-electron chi connectivity index (χ0n) is 13.6. The second-order valence-electron chi connectivity index (χ2n) is 6.96. The van der Waals surface area contributed by atoms with Gasteiger partial charge >= 0.3 is 0 Å². The third-order valence-electron chi connectivity index (χ3n) is 5.60. The Morgan fingerprint density at radius 3 is 2.55 bits per heavy atom. The van der Waals surface area contributed by atoms with Crippen molar-refractivity contribution in [3.05, 3.63) is 52.6 Å². The maximum absolute atomic E-state index is 4.07. The first-order chi connectivity index (χ1) is 10.8. The molecule has 2 aliphatic rings. The van der Waals surface area contributed by atoms with E-state index in [1.807, 2.05) is 6.20 Å². The van der Waals surface area contributed by atoms with Gasteiger partial charge in [-0.05, 0) is 74.6 Å². The van der Waals surface area contributed by atoms with E-state index in [0.29, 0.717) is 5.92 Å². The third kappa shape index (κ3) is 2.16. The number of rotatable bonds is 3. The van der Waals surface area contributed by atoms with Crippen molar-refractivity contribution in [2.45, 2.75) is 64.2 Å². The average Bonchev–Trinajstić information content (AvgIpc) is 3.15. The fraction of sp³-hybridized carbons (Fsp3) is 0.500. The van der Waals surface area contributed by atoms with Gasteiger partial charge in [-0.3, -0.25) is 0 Å². The summed E-state index contributed by atoms with van der Waals surface area (Å²) in [6.07, 6.45) is 12.2. The van der Waals surface area contributed by atoms with E-state index in [1.165, 1.54) is 74.1 Å². The van der Waals surface area contributed by atoms with Gasteiger partial charge in [0.2, 0.25) is 0 Å². The summed E-state index contributed by atoms with van der Waals surface area (Å²) in [4.78, 5) is 3.72. The van der Waals surface area contributed by atoms with Crippen LogP contribution >= 0.6 is 0 Å². The maximum atomic E-state index is 4.07. The lowest BCUT2D eigenvalue weighted by Crippen LogP contribution is -2.07. The molecule has 116 valence electrons. The predicted octanol–water partition coefficient (Wildman–Crippen LogP) is 4.83. The molecule has 2 heterocycles. The van der Waals surface area contributed by atoms with Crippen LogP contribution in [-0.4, -0.2) is 9.55 Å². The Morgan fingerprint density at radius 1 is 1.05 bits per heavy atom. The minimum Gasteiger partial charge on any atom is -0.361 e. The fourth-order valence-corrected chi connectivity index (χ4v) is 4.32. The van der Waals surface area contributed by atoms with Crippen LogP contribution in [0.1, 0.15) is 72.4 Å². The summed E-state index contributed by atoms with van der Waals surface area (Å²) in [6.45, 7) is 6.40. The van der Waals surface area contributed by atoms with E-state index in [-0.39, 0.29) is 0 Å². The molecule has 0 aromatic carbocycles. The van der Waals surface area contributed by atoms with E-state index < -0.39 is 0 Å². The quantitative estimate of drug-likeness (QED) is 0.837. The Morgan fingerprint density at radius 2 is 1.77 bits per heavy atom. The molecule has 0 saturated carbocycles. The fourth-order valence-electron chi connectivity index (χ4n) is 4.32. The molecule has 2 aliphatic carbocycles. The largest absolute Gasteiger partial charge is 0.361 e. The standard InChI is InChI=1S/C20H26N2/c1-3-22-19-11-7-5-9-16(19)13-20(22)14(2)18-12-15-8-4-6-10-17(15)21-18/h3,12-14,21H,1,4-11H2,2H3. The van der Waals surface area contributed by atoms with Crippen molar-refractivity contribution < 1.29 is 0 Å². The topological polar surface area (TPSA) is 20.7 Å². The molecule has 0 aliphatic heterocycles. The molecule has 22 heavy (non-hydrogen) atoms. The van der Waals surface area contributed by atoms with Crippen LogP contribution in [0.25, 0.3) is 6.20 Å². The normalized spacial score (nSPS) is 18.6. The van der Waals surface area contributed by atoms with Gasteiger partial charge in [-0.15, -0.1) is 0 Å². The first kappa shape index (κ1) is 13.9. The highest BCUT2D eigenvalue weighted by Crippen LogP contribution is 2.33. The van der Waals surface area contributed by atoms with Gasteiger partial charge in [0.1, 0.15) is 0 Å². The molecule has 0 spiro atoms. The molecule has 0 fully saturated rings. The number of fused-ring (bicyclic) bond motifs is 2. The zero-order valence-corrected chi connectivity index (χ0v) is 13.6. The molecule has 0 amide bonds. The summed E-state index contributed by atoms with van der Waals surface area (Å²) in [5.41, 5.74) is 8.86. The van der Waals surface area contributed by atoms with Crippen LogP contribution in [0.2, 0.25) is 0 Å². The summed E-state index contributed by atoms with van der Waals surface area (Å²) in [7, 11) is 0. The lowest BCUT2D eigenvalue weighted by atomic mass is 9.96. The highest BCUT2D eigenvalue weighted by Gasteiger charge is 2.23. The van der Waals surface area contributed by atoms with Crippen molar-refractivity contribution in [3.8, 4) is 0 Å². The molecule has 0 bridgehead atoms. The molecule has 2 heteroatoms. The van der Waals surface area contributed by atoms with Gasteiger partial charge in [0.15, 0.2) is 0 Å². The molecule has 0 saturated heterocycles. The molecule has 4 rings (SSSR count). The van der Waals surface area contributed by atoms with E-state index in [4.69, 9.17) is 0 Å². The predicted molar refractivity (Wildman–Crippen MR) is 92.4 cm³/mol. The lowest BCUT2D eigenvalue weighted by Gasteiger charge is -2.16. The van der Waals surface area contributed by atoms with Crippen LogP contribution in [0.3, 0.4) is 0 Å². The van der Waals surface area contributed by atoms with Gasteiger partial charge in [-0.25, -0.2) is 0 Å². The first-order valence-electron chi connectivity index (χ1n) is 8.84. The van der Waals surface area contributed by atoms with Crippen molar-refractivity contribution in [2.24, 2.45) is 0 Å². The van der Waals surface area contributed by atoms with E-state index >= 15 is 0 Å². The number of H-pyrrole nitrogens is 1. The highest BCUT2D eigenvalue weighted by atomic mass is 15.0. The van der Waals surface area contributed by atoms with Gasteiger partial charge in [0.25, 0.3) is 0 Å². The van der Waals surface area contributed by atoms with Crippen molar-refractivity contribution in [1.29, 1.82) is 0 Å². The van der Waals surface area contributed by atoms with Crippen molar-refractivity contribution in [1.82, 2.24) is 9.55 Å². The molecule has 2 aromatic rings. The van der Waals surface area contributed by atoms with Crippen LogP contribution in [0.5, 0.6) is 0 Å². The van der Waals surface area contributed by atoms with Gasteiger partial charge in [-0.2, -0.15) is 0 Å². The van der Waals surface area contributed by atoms with Gasteiger partial charge in [0, 0.05) is 34.9 Å². The number of aryl methyl sites for hydroxylation is 3. The molecule has 2 nitrogen and oxygen atoms in total. The van der Waals surface area contributed by atoms with Gasteiger partial charge in [0.05, 0.1) is 0 Å². The minimum atomic E-state index is 0.411. The Labute approximate surface area is 133 Å². The molecule has 2 aromatic heterocycles. The summed E-state index contributed by atoms with van der Waals surface area (Å²) in [6, 6.07) is 4.85. The number of nitrogens with zero attached hydrogens (tertiary/aromatic N) is 1. The second kappa shape index (κ2) is 5.49. The SMILES string of the molecule is C=Cn1c(C(C)c2cc3c([nH]2)CCCC3)cc2c1CCCC2. The second-order valence-corrected chi connectivity index (χ2v) is 6.96. The Balaban J connectivity index is 1.73. The molecule has 1 N–H and O–H groups in total. The lowest BCUT2D eigenvalue weighted by molar-refractivity contribution is 0.662. The molecular formula is C20H26N2. The summed E-state index contributed by atoms with van der Waals surface area (Å²) < 4.78 is 2.36. The molecule has 0 radical (unpaired) electrons. The summed E-state index contributed by atoms with van der Waals surface area (Å²) in [5, 5.41) is 0. The highest BCUT2D eigenvalue weighted by molar-refractivity contribution is 5.43. The summed E-state index contributed by atoms with van der Waals surface area (Å²) in [5.74, 6) is 0.411. The average molecular weight is 294 g/mol. The van der Waals surface area contributed by atoms with Crippen molar-refractivity contribution in [2.75, 3.05) is 0 Å². The molecular weight excluding hydrogens is 268 g/mol. The number of aromatic nitrogens is 2. The van der Waals surface area contributed by atoms with Crippen LogP contribution < -0.4 is 0 Å². The first-order valence-corrected chi connectivity index (χ1v) is 8.84. The van der Waals surface area contributed by atoms with Gasteiger partial charge < -0.3 is 9.55 Å². The van der Waals surface area contributed by atoms with Crippen LogP contribution in [-0.2, 0) is 25.7 Å². The molecule has 1 unspecified atom stereocenters. The van der Waals surface area contributed by atoms with E-state index in [9.17, 15) is 0 Å². The number of aromatic amines is 1. The minimum absolute atomic E-state index is 0.411. The number of nitrogens with one attached hydrogen (secondary N) is 1. The smallest absolute Gasteiger partial charge is 0.0369 e. The molecule has 1 atom stereocenters. The van der Waals surface area contributed by atoms with Crippen LogP contribution in [0.15, 0.2) is 18.7 Å². The third-order valence-corrected chi connectivity index (χ3v) is 5.60.